The van der Waals surface area contributed by atoms with Crippen molar-refractivity contribution in [3.63, 3.8) is 0 Å². The molecule has 24 heavy (non-hydrogen) atoms. The Morgan fingerprint density at radius 2 is 1.92 bits per heavy atom. The second kappa shape index (κ2) is 8.33. The molecule has 0 aliphatic carbocycles. The molecule has 0 aromatic heterocycles. The average molecular weight is 333 g/mol. The topological polar surface area (TPSA) is 79.0 Å². The predicted octanol–water partition coefficient (Wildman–Crippen LogP) is 0.261. The fraction of sp³-hybridized carbons (Fsp3) is 0.471. The first-order chi connectivity index (χ1) is 11.5. The van der Waals surface area contributed by atoms with Crippen LogP contribution in [0.2, 0.25) is 0 Å². The molecule has 0 bridgehead atoms. The summed E-state index contributed by atoms with van der Waals surface area (Å²) in [5.74, 6) is 0.212. The molecule has 0 radical (unpaired) electrons. The number of amides is 3. The Hall–Kier alpha value is -2.57. The molecule has 1 atom stereocenters. The lowest BCUT2D eigenvalue weighted by molar-refractivity contribution is -0.147. The molecule has 0 unspecified atom stereocenters. The maximum atomic E-state index is 12.3. The number of nitrogens with zero attached hydrogens (tertiary/aromatic N) is 2. The first-order valence-electron chi connectivity index (χ1n) is 7.97. The summed E-state index contributed by atoms with van der Waals surface area (Å²) in [6, 6.07) is 8.65. The number of rotatable bonds is 5. The highest BCUT2D eigenvalue weighted by molar-refractivity contribution is 5.88. The molecule has 2 rings (SSSR count). The van der Waals surface area contributed by atoms with Gasteiger partial charge in [-0.25, -0.2) is 0 Å². The summed E-state index contributed by atoms with van der Waals surface area (Å²) in [4.78, 5) is 39.1. The Morgan fingerprint density at radius 1 is 1.21 bits per heavy atom. The van der Waals surface area contributed by atoms with Crippen LogP contribution in [0.4, 0.5) is 0 Å². The molecule has 1 saturated heterocycles. The molecule has 1 N–H and O–H groups in total. The van der Waals surface area contributed by atoms with E-state index in [0.29, 0.717) is 13.1 Å². The maximum absolute atomic E-state index is 12.3. The van der Waals surface area contributed by atoms with Crippen molar-refractivity contribution in [1.82, 2.24) is 15.1 Å². The van der Waals surface area contributed by atoms with Crippen molar-refractivity contribution in [3.8, 4) is 5.75 Å². The van der Waals surface area contributed by atoms with E-state index in [9.17, 15) is 14.4 Å². The lowest BCUT2D eigenvalue weighted by atomic mass is 10.1. The molecule has 1 heterocycles. The molecule has 1 aromatic rings. The highest BCUT2D eigenvalue weighted by atomic mass is 16.5. The number of piperazine rings is 1. The van der Waals surface area contributed by atoms with E-state index < -0.39 is 6.04 Å². The molecule has 1 aliphatic heterocycles. The van der Waals surface area contributed by atoms with Crippen molar-refractivity contribution < 1.29 is 19.1 Å². The number of carbonyl (C=O) groups excluding carboxylic acids is 3. The second-order valence-corrected chi connectivity index (χ2v) is 5.59. The fourth-order valence-corrected chi connectivity index (χ4v) is 2.71. The normalized spacial score (nSPS) is 17.3. The quantitative estimate of drug-likeness (QED) is 0.838. The number of hydrogen-bond acceptors (Lipinski definition) is 4. The molecule has 0 spiro atoms. The smallest absolute Gasteiger partial charge is 0.244 e. The van der Waals surface area contributed by atoms with Crippen molar-refractivity contribution in [2.45, 2.75) is 19.4 Å². The van der Waals surface area contributed by atoms with Gasteiger partial charge in [-0.2, -0.15) is 0 Å². The number of likely N-dealkylation sites (N-methyl/N-ethyl adjacent to an activating group) is 1. The molecule has 1 aliphatic rings. The van der Waals surface area contributed by atoms with Crippen molar-refractivity contribution >= 4 is 17.7 Å². The van der Waals surface area contributed by atoms with Crippen LogP contribution >= 0.6 is 0 Å². The molecule has 1 aromatic carbocycles. The number of carbonyl (C=O) groups is 3. The number of hydrogen-bond donors (Lipinski definition) is 1. The van der Waals surface area contributed by atoms with Gasteiger partial charge in [0.2, 0.25) is 17.7 Å². The van der Waals surface area contributed by atoms with Crippen LogP contribution in [0.5, 0.6) is 5.75 Å². The van der Waals surface area contributed by atoms with Gasteiger partial charge in [0.05, 0.1) is 19.6 Å². The lowest BCUT2D eigenvalue weighted by Gasteiger charge is -2.40. The summed E-state index contributed by atoms with van der Waals surface area (Å²) in [6.45, 7) is 2.71. The standard InChI is InChI=1S/C17H23N3O4/c1-13(21)20-10-9-19(12-15(20)17(23)18-2)16(22)8-11-24-14-6-4-3-5-7-14/h3-7,15H,8-12H2,1-2H3,(H,18,23)/t15-/m0/s1. The van der Waals surface area contributed by atoms with E-state index in [1.807, 2.05) is 30.3 Å². The van der Waals surface area contributed by atoms with E-state index in [4.69, 9.17) is 4.74 Å². The SMILES string of the molecule is CNC(=O)[C@@H]1CN(C(=O)CCOc2ccccc2)CCN1C(C)=O. The van der Waals surface area contributed by atoms with Crippen molar-refractivity contribution in [2.75, 3.05) is 33.3 Å². The first kappa shape index (κ1) is 17.8. The summed E-state index contributed by atoms with van der Waals surface area (Å²) in [5.41, 5.74) is 0. The Morgan fingerprint density at radius 3 is 2.54 bits per heavy atom. The van der Waals surface area contributed by atoms with E-state index in [1.165, 1.54) is 18.9 Å². The largest absolute Gasteiger partial charge is 0.493 e. The van der Waals surface area contributed by atoms with Gasteiger partial charge < -0.3 is 19.9 Å². The van der Waals surface area contributed by atoms with Gasteiger partial charge in [-0.1, -0.05) is 18.2 Å². The molecule has 1 fully saturated rings. The highest BCUT2D eigenvalue weighted by Crippen LogP contribution is 2.13. The number of benzene rings is 1. The molecule has 7 heteroatoms. The Kier molecular flexibility index (Phi) is 6.17. The summed E-state index contributed by atoms with van der Waals surface area (Å²) in [5, 5.41) is 2.55. The van der Waals surface area contributed by atoms with Crippen LogP contribution in [0.25, 0.3) is 0 Å². The fourth-order valence-electron chi connectivity index (χ4n) is 2.71. The third kappa shape index (κ3) is 4.47. The lowest BCUT2D eigenvalue weighted by Crippen LogP contribution is -2.60. The zero-order chi connectivity index (χ0) is 17.5. The highest BCUT2D eigenvalue weighted by Gasteiger charge is 2.34. The molecule has 3 amide bonds. The zero-order valence-electron chi connectivity index (χ0n) is 14.0. The Balaban J connectivity index is 1.88. The molecule has 130 valence electrons. The van der Waals surface area contributed by atoms with E-state index in [-0.39, 0.29) is 37.3 Å². The van der Waals surface area contributed by atoms with Crippen LogP contribution < -0.4 is 10.1 Å². The molecular weight excluding hydrogens is 310 g/mol. The first-order valence-corrected chi connectivity index (χ1v) is 7.97. The number of para-hydroxylation sites is 1. The van der Waals surface area contributed by atoms with Crippen molar-refractivity contribution in [3.05, 3.63) is 30.3 Å². The maximum Gasteiger partial charge on any atom is 0.244 e. The minimum Gasteiger partial charge on any atom is -0.493 e. The summed E-state index contributed by atoms with van der Waals surface area (Å²) >= 11 is 0. The zero-order valence-corrected chi connectivity index (χ0v) is 14.0. The van der Waals surface area contributed by atoms with Gasteiger partial charge in [0.15, 0.2) is 0 Å². The van der Waals surface area contributed by atoms with Gasteiger partial charge in [-0.3, -0.25) is 14.4 Å². The summed E-state index contributed by atoms with van der Waals surface area (Å²) in [6.07, 6.45) is 0.232. The van der Waals surface area contributed by atoms with Gasteiger partial charge in [0.25, 0.3) is 0 Å². The van der Waals surface area contributed by atoms with Gasteiger partial charge in [-0.05, 0) is 12.1 Å². The van der Waals surface area contributed by atoms with E-state index in [2.05, 4.69) is 5.32 Å². The van der Waals surface area contributed by atoms with Gasteiger partial charge >= 0.3 is 0 Å². The Labute approximate surface area is 141 Å². The summed E-state index contributed by atoms with van der Waals surface area (Å²) < 4.78 is 5.53. The van der Waals surface area contributed by atoms with E-state index in [1.54, 1.807) is 4.90 Å². The third-order valence-electron chi connectivity index (χ3n) is 4.01. The summed E-state index contributed by atoms with van der Waals surface area (Å²) in [7, 11) is 1.52. The predicted molar refractivity (Wildman–Crippen MR) is 88.4 cm³/mol. The average Bonchev–Trinajstić information content (AvgIpc) is 2.61. The van der Waals surface area contributed by atoms with E-state index in [0.717, 1.165) is 5.75 Å². The molecular formula is C17H23N3O4. The number of ether oxygens (including phenoxy) is 1. The minimum absolute atomic E-state index is 0.0805. The monoisotopic (exact) mass is 333 g/mol. The number of nitrogens with one attached hydrogen (secondary N) is 1. The minimum atomic E-state index is -0.639. The van der Waals surface area contributed by atoms with Gasteiger partial charge in [-0.15, -0.1) is 0 Å². The van der Waals surface area contributed by atoms with Crippen LogP contribution in [0.3, 0.4) is 0 Å². The van der Waals surface area contributed by atoms with E-state index >= 15 is 0 Å². The third-order valence-corrected chi connectivity index (χ3v) is 4.01. The van der Waals surface area contributed by atoms with Crippen LogP contribution in [-0.2, 0) is 14.4 Å². The Bertz CT molecular complexity index is 591. The van der Waals surface area contributed by atoms with Gasteiger partial charge in [0.1, 0.15) is 11.8 Å². The van der Waals surface area contributed by atoms with Crippen molar-refractivity contribution in [2.24, 2.45) is 0 Å². The second-order valence-electron chi connectivity index (χ2n) is 5.59. The molecule has 7 nitrogen and oxygen atoms in total. The van der Waals surface area contributed by atoms with Crippen molar-refractivity contribution in [1.29, 1.82) is 0 Å². The van der Waals surface area contributed by atoms with Crippen LogP contribution in [0.1, 0.15) is 13.3 Å². The molecule has 0 saturated carbocycles. The van der Waals surface area contributed by atoms with Crippen LogP contribution in [0, 0.1) is 0 Å². The van der Waals surface area contributed by atoms with Crippen LogP contribution in [-0.4, -0.2) is 66.9 Å². The van der Waals surface area contributed by atoms with Crippen LogP contribution in [0.15, 0.2) is 30.3 Å². The van der Waals surface area contributed by atoms with Gasteiger partial charge in [0, 0.05) is 27.1 Å².